The van der Waals surface area contributed by atoms with Crippen LogP contribution >= 0.6 is 27.5 Å². The van der Waals surface area contributed by atoms with Gasteiger partial charge >= 0.3 is 0 Å². The average molecular weight is 329 g/mol. The van der Waals surface area contributed by atoms with Crippen LogP contribution in [0.2, 0.25) is 5.28 Å². The number of aromatic nitrogens is 2. The Labute approximate surface area is 108 Å². The minimum Gasteiger partial charge on any atom is -0.366 e. The largest absolute Gasteiger partial charge is 0.366 e. The van der Waals surface area contributed by atoms with Crippen LogP contribution in [-0.4, -0.2) is 36.4 Å². The molecule has 0 amide bonds. The Morgan fingerprint density at radius 3 is 2.81 bits per heavy atom. The van der Waals surface area contributed by atoms with Gasteiger partial charge in [-0.1, -0.05) is 0 Å². The first-order valence-electron chi connectivity index (χ1n) is 4.40. The third-order valence-electron chi connectivity index (χ3n) is 1.65. The molecule has 8 heteroatoms. The molecule has 0 aliphatic carbocycles. The Morgan fingerprint density at radius 1 is 1.62 bits per heavy atom. The van der Waals surface area contributed by atoms with E-state index < -0.39 is 9.84 Å². The maximum Gasteiger partial charge on any atom is 0.224 e. The van der Waals surface area contributed by atoms with E-state index in [2.05, 4.69) is 31.2 Å². The topological polar surface area (TPSA) is 72.0 Å². The maximum absolute atomic E-state index is 11.1. The van der Waals surface area contributed by atoms with Crippen LogP contribution in [0.25, 0.3) is 0 Å². The standard InChI is InChI=1S/C8H11BrClN3O2S/c1-5(4-16(2,14)15)12-7-6(9)3-11-8(10)13-7/h3,5H,4H2,1-2H3,(H,11,12,13). The molecule has 0 saturated carbocycles. The highest BCUT2D eigenvalue weighted by Crippen LogP contribution is 2.20. The van der Waals surface area contributed by atoms with Crippen molar-refractivity contribution in [3.8, 4) is 0 Å². The summed E-state index contributed by atoms with van der Waals surface area (Å²) in [5.41, 5.74) is 0. The van der Waals surface area contributed by atoms with E-state index in [1.165, 1.54) is 12.5 Å². The summed E-state index contributed by atoms with van der Waals surface area (Å²) >= 11 is 8.88. The van der Waals surface area contributed by atoms with Crippen LogP contribution in [0.4, 0.5) is 5.82 Å². The Hall–Kier alpha value is -0.400. The smallest absolute Gasteiger partial charge is 0.224 e. The molecule has 0 bridgehead atoms. The van der Waals surface area contributed by atoms with Gasteiger partial charge in [0.05, 0.1) is 10.2 Å². The van der Waals surface area contributed by atoms with E-state index in [-0.39, 0.29) is 17.1 Å². The fourth-order valence-corrected chi connectivity index (χ4v) is 2.61. The van der Waals surface area contributed by atoms with Crippen LogP contribution in [0, 0.1) is 0 Å². The van der Waals surface area contributed by atoms with Crippen molar-refractivity contribution in [2.24, 2.45) is 0 Å². The third kappa shape index (κ3) is 4.63. The fraction of sp³-hybridized carbons (Fsp3) is 0.500. The second-order valence-corrected chi connectivity index (χ2v) is 6.85. The zero-order valence-electron chi connectivity index (χ0n) is 8.74. The molecule has 0 aliphatic rings. The lowest BCUT2D eigenvalue weighted by Gasteiger charge is -2.14. The highest BCUT2D eigenvalue weighted by molar-refractivity contribution is 9.10. The van der Waals surface area contributed by atoms with Gasteiger partial charge in [0.25, 0.3) is 0 Å². The highest BCUT2D eigenvalue weighted by atomic mass is 79.9. The zero-order valence-corrected chi connectivity index (χ0v) is 11.9. The van der Waals surface area contributed by atoms with Gasteiger partial charge in [0, 0.05) is 18.5 Å². The lowest BCUT2D eigenvalue weighted by molar-refractivity contribution is 0.598. The average Bonchev–Trinajstić information content (AvgIpc) is 2.08. The van der Waals surface area contributed by atoms with Gasteiger partial charge in [-0.05, 0) is 34.5 Å². The van der Waals surface area contributed by atoms with Gasteiger partial charge < -0.3 is 5.32 Å². The second kappa shape index (κ2) is 5.29. The van der Waals surface area contributed by atoms with E-state index in [1.54, 1.807) is 6.92 Å². The second-order valence-electron chi connectivity index (χ2n) is 3.47. The van der Waals surface area contributed by atoms with E-state index >= 15 is 0 Å². The minimum atomic E-state index is -3.02. The highest BCUT2D eigenvalue weighted by Gasteiger charge is 2.12. The molecule has 0 aromatic carbocycles. The molecule has 0 radical (unpaired) electrons. The van der Waals surface area contributed by atoms with Crippen molar-refractivity contribution in [3.05, 3.63) is 16.0 Å². The predicted molar refractivity (Wildman–Crippen MR) is 67.5 cm³/mol. The number of sulfone groups is 1. The first kappa shape index (κ1) is 13.7. The van der Waals surface area contributed by atoms with Gasteiger partial charge in [-0.25, -0.2) is 13.4 Å². The SMILES string of the molecule is CC(CS(C)(=O)=O)Nc1nc(Cl)ncc1Br. The fourth-order valence-electron chi connectivity index (χ4n) is 1.18. The summed E-state index contributed by atoms with van der Waals surface area (Å²) < 4.78 is 22.8. The first-order valence-corrected chi connectivity index (χ1v) is 7.63. The molecule has 1 unspecified atom stereocenters. The van der Waals surface area contributed by atoms with Gasteiger partial charge in [0.15, 0.2) is 0 Å². The molecule has 90 valence electrons. The molecule has 0 spiro atoms. The summed E-state index contributed by atoms with van der Waals surface area (Å²) in [5.74, 6) is 0.511. The van der Waals surface area contributed by atoms with E-state index in [9.17, 15) is 8.42 Å². The molecule has 1 N–H and O–H groups in total. The number of rotatable bonds is 4. The van der Waals surface area contributed by atoms with E-state index in [0.717, 1.165) is 0 Å². The monoisotopic (exact) mass is 327 g/mol. The van der Waals surface area contributed by atoms with Crippen molar-refractivity contribution in [1.29, 1.82) is 0 Å². The van der Waals surface area contributed by atoms with Gasteiger partial charge in [-0.2, -0.15) is 4.98 Å². The molecule has 1 heterocycles. The van der Waals surface area contributed by atoms with Crippen LogP contribution in [0.3, 0.4) is 0 Å². The summed E-state index contributed by atoms with van der Waals surface area (Å²) in [6.45, 7) is 1.75. The van der Waals surface area contributed by atoms with E-state index in [1.807, 2.05) is 0 Å². The summed E-state index contributed by atoms with van der Waals surface area (Å²) in [5, 5.41) is 3.05. The summed E-state index contributed by atoms with van der Waals surface area (Å²) in [7, 11) is -3.02. The van der Waals surface area contributed by atoms with Crippen LogP contribution in [-0.2, 0) is 9.84 Å². The van der Waals surface area contributed by atoms with Gasteiger partial charge in [-0.15, -0.1) is 0 Å². The Balaban J connectivity index is 2.77. The quantitative estimate of drug-likeness (QED) is 0.852. The summed E-state index contributed by atoms with van der Waals surface area (Å²) in [6.07, 6.45) is 2.69. The van der Waals surface area contributed by atoms with Crippen molar-refractivity contribution in [1.82, 2.24) is 9.97 Å². The molecule has 5 nitrogen and oxygen atoms in total. The lowest BCUT2D eigenvalue weighted by atomic mass is 10.4. The normalized spacial score (nSPS) is 13.5. The molecule has 1 atom stereocenters. The molecular weight excluding hydrogens is 318 g/mol. The van der Waals surface area contributed by atoms with Crippen molar-refractivity contribution in [2.75, 3.05) is 17.3 Å². The Bertz CT molecular complexity index is 480. The molecule has 0 fully saturated rings. The van der Waals surface area contributed by atoms with Gasteiger partial charge in [-0.3, -0.25) is 0 Å². The number of nitrogens with zero attached hydrogens (tertiary/aromatic N) is 2. The summed E-state index contributed by atoms with van der Waals surface area (Å²) in [4.78, 5) is 7.71. The number of nitrogens with one attached hydrogen (secondary N) is 1. The van der Waals surface area contributed by atoms with E-state index in [4.69, 9.17) is 11.6 Å². The lowest BCUT2D eigenvalue weighted by Crippen LogP contribution is -2.25. The Morgan fingerprint density at radius 2 is 2.25 bits per heavy atom. The minimum absolute atomic E-state index is 0.0288. The Kier molecular flexibility index (Phi) is 4.52. The summed E-state index contributed by atoms with van der Waals surface area (Å²) in [6, 6.07) is -0.253. The van der Waals surface area contributed by atoms with Crippen LogP contribution in [0.5, 0.6) is 0 Å². The number of halogens is 2. The predicted octanol–water partition coefficient (Wildman–Crippen LogP) is 1.74. The molecule has 0 saturated heterocycles. The van der Waals surface area contributed by atoms with Crippen molar-refractivity contribution in [2.45, 2.75) is 13.0 Å². The van der Waals surface area contributed by atoms with Crippen LogP contribution in [0.1, 0.15) is 6.92 Å². The van der Waals surface area contributed by atoms with Crippen molar-refractivity contribution < 1.29 is 8.42 Å². The van der Waals surface area contributed by atoms with Gasteiger partial charge in [0.2, 0.25) is 5.28 Å². The molecule has 16 heavy (non-hydrogen) atoms. The molecular formula is C8H11BrClN3O2S. The molecule has 0 aliphatic heterocycles. The number of hydrogen-bond acceptors (Lipinski definition) is 5. The maximum atomic E-state index is 11.1. The zero-order chi connectivity index (χ0) is 12.3. The number of hydrogen-bond donors (Lipinski definition) is 1. The van der Waals surface area contributed by atoms with Crippen molar-refractivity contribution in [3.63, 3.8) is 0 Å². The first-order chi connectivity index (χ1) is 7.28. The van der Waals surface area contributed by atoms with Gasteiger partial charge in [0.1, 0.15) is 15.7 Å². The number of anilines is 1. The molecule has 1 aromatic rings. The molecule has 1 aromatic heterocycles. The molecule has 1 rings (SSSR count). The van der Waals surface area contributed by atoms with Crippen LogP contribution in [0.15, 0.2) is 10.7 Å². The van der Waals surface area contributed by atoms with E-state index in [0.29, 0.717) is 10.3 Å². The van der Waals surface area contributed by atoms with Crippen molar-refractivity contribution >= 4 is 43.2 Å². The third-order valence-corrected chi connectivity index (χ3v) is 3.52. The van der Waals surface area contributed by atoms with Crippen LogP contribution < -0.4 is 5.32 Å².